The molecule has 0 radical (unpaired) electrons. The zero-order valence-corrected chi connectivity index (χ0v) is 17.1. The minimum absolute atomic E-state index is 0.0996. The third kappa shape index (κ3) is 6.21. The minimum Gasteiger partial charge on any atom is -0.492 e. The second-order valence-electron chi connectivity index (χ2n) is 6.65. The summed E-state index contributed by atoms with van der Waals surface area (Å²) in [5.41, 5.74) is 0. The predicted octanol–water partition coefficient (Wildman–Crippen LogP) is 3.10. The van der Waals surface area contributed by atoms with E-state index in [4.69, 9.17) is 16.3 Å². The van der Waals surface area contributed by atoms with Gasteiger partial charge in [-0.25, -0.2) is 0 Å². The topological polar surface area (TPSA) is 44.8 Å². The van der Waals surface area contributed by atoms with Crippen molar-refractivity contribution in [2.75, 3.05) is 39.3 Å². The molecule has 27 heavy (non-hydrogen) atoms. The molecule has 1 amide bonds. The third-order valence-electron chi connectivity index (χ3n) is 4.84. The summed E-state index contributed by atoms with van der Waals surface area (Å²) in [6.07, 6.45) is 0. The normalized spacial score (nSPS) is 16.8. The predicted molar refractivity (Wildman–Crippen MR) is 111 cm³/mol. The largest absolute Gasteiger partial charge is 0.492 e. The number of hydrogen-bond acceptors (Lipinski definition) is 5. The summed E-state index contributed by atoms with van der Waals surface area (Å²) in [5, 5.41) is 5.78. The lowest BCUT2D eigenvalue weighted by Crippen LogP contribution is -2.54. The fourth-order valence-corrected chi connectivity index (χ4v) is 3.87. The highest BCUT2D eigenvalue weighted by Crippen LogP contribution is 2.15. The Bertz CT molecular complexity index is 701. The molecule has 1 aliphatic heterocycles. The van der Waals surface area contributed by atoms with Gasteiger partial charge in [0.1, 0.15) is 12.4 Å². The second-order valence-corrected chi connectivity index (χ2v) is 8.12. The van der Waals surface area contributed by atoms with Gasteiger partial charge in [0, 0.05) is 42.6 Å². The molecule has 1 unspecified atom stereocenters. The molecule has 146 valence electrons. The van der Waals surface area contributed by atoms with E-state index in [1.807, 2.05) is 48.7 Å². The lowest BCUT2D eigenvalue weighted by Gasteiger charge is -2.37. The molecule has 1 fully saturated rings. The average molecular weight is 408 g/mol. The van der Waals surface area contributed by atoms with E-state index in [0.29, 0.717) is 18.2 Å². The molecular formula is C20H26ClN3O2S. The number of hydrogen-bond donors (Lipinski definition) is 1. The van der Waals surface area contributed by atoms with Gasteiger partial charge in [-0.15, -0.1) is 11.3 Å². The Morgan fingerprint density at radius 3 is 2.63 bits per heavy atom. The fraction of sp³-hybridized carbons (Fsp3) is 0.450. The first-order valence-electron chi connectivity index (χ1n) is 9.26. The number of carbonyl (C=O) groups excluding carboxylic acids is 1. The van der Waals surface area contributed by atoms with Crippen molar-refractivity contribution in [3.8, 4) is 5.75 Å². The Kier molecular flexibility index (Phi) is 7.52. The highest BCUT2D eigenvalue weighted by atomic mass is 35.5. The van der Waals surface area contributed by atoms with Crippen LogP contribution in [-0.4, -0.2) is 61.1 Å². The Hall–Kier alpha value is -1.60. The van der Waals surface area contributed by atoms with Crippen molar-refractivity contribution in [2.24, 2.45) is 0 Å². The average Bonchev–Trinajstić information content (AvgIpc) is 3.21. The number of benzene rings is 1. The highest BCUT2D eigenvalue weighted by Gasteiger charge is 2.25. The van der Waals surface area contributed by atoms with Gasteiger partial charge in [0.25, 0.3) is 0 Å². The SMILES string of the molecule is CC(C(=O)NCc1cccs1)N1CCN(CCOc2ccc(Cl)cc2)CC1. The van der Waals surface area contributed by atoms with Crippen LogP contribution in [0, 0.1) is 0 Å². The molecule has 0 bridgehead atoms. The maximum Gasteiger partial charge on any atom is 0.237 e. The molecule has 2 aromatic rings. The Morgan fingerprint density at radius 1 is 1.22 bits per heavy atom. The van der Waals surface area contributed by atoms with Crippen LogP contribution in [-0.2, 0) is 11.3 Å². The van der Waals surface area contributed by atoms with Crippen LogP contribution in [0.4, 0.5) is 0 Å². The first-order chi connectivity index (χ1) is 13.1. The molecular weight excluding hydrogens is 382 g/mol. The van der Waals surface area contributed by atoms with Crippen molar-refractivity contribution in [3.63, 3.8) is 0 Å². The van der Waals surface area contributed by atoms with E-state index in [0.717, 1.165) is 38.5 Å². The molecule has 1 aromatic heterocycles. The molecule has 1 aliphatic rings. The van der Waals surface area contributed by atoms with Crippen molar-refractivity contribution < 1.29 is 9.53 Å². The van der Waals surface area contributed by atoms with Gasteiger partial charge in [-0.3, -0.25) is 14.6 Å². The first kappa shape index (κ1) is 20.1. The smallest absolute Gasteiger partial charge is 0.237 e. The highest BCUT2D eigenvalue weighted by molar-refractivity contribution is 7.09. The number of ether oxygens (including phenoxy) is 1. The molecule has 1 saturated heterocycles. The zero-order valence-electron chi connectivity index (χ0n) is 15.6. The molecule has 0 aliphatic carbocycles. The van der Waals surface area contributed by atoms with Gasteiger partial charge in [-0.2, -0.15) is 0 Å². The van der Waals surface area contributed by atoms with Gasteiger partial charge in [0.2, 0.25) is 5.91 Å². The summed E-state index contributed by atoms with van der Waals surface area (Å²) >= 11 is 7.54. The van der Waals surface area contributed by atoms with E-state index in [1.165, 1.54) is 4.88 Å². The van der Waals surface area contributed by atoms with Gasteiger partial charge in [0.05, 0.1) is 12.6 Å². The van der Waals surface area contributed by atoms with Crippen LogP contribution < -0.4 is 10.1 Å². The van der Waals surface area contributed by atoms with Crippen LogP contribution in [0.5, 0.6) is 5.75 Å². The Labute approximate surface area is 169 Å². The number of rotatable bonds is 8. The standard InChI is InChI=1S/C20H26ClN3O2S/c1-16(20(25)22-15-19-3-2-14-27-19)24-10-8-23(9-11-24)12-13-26-18-6-4-17(21)5-7-18/h2-7,14,16H,8-13,15H2,1H3,(H,22,25). The van der Waals surface area contributed by atoms with Crippen molar-refractivity contribution in [2.45, 2.75) is 19.5 Å². The maximum absolute atomic E-state index is 12.4. The summed E-state index contributed by atoms with van der Waals surface area (Å²) in [6, 6.07) is 11.4. The number of halogens is 1. The number of nitrogens with one attached hydrogen (secondary N) is 1. The van der Waals surface area contributed by atoms with E-state index in [-0.39, 0.29) is 11.9 Å². The van der Waals surface area contributed by atoms with Crippen LogP contribution in [0.25, 0.3) is 0 Å². The molecule has 2 heterocycles. The molecule has 7 heteroatoms. The third-order valence-corrected chi connectivity index (χ3v) is 5.97. The van der Waals surface area contributed by atoms with E-state index in [2.05, 4.69) is 15.1 Å². The van der Waals surface area contributed by atoms with Crippen LogP contribution in [0.2, 0.25) is 5.02 Å². The Morgan fingerprint density at radius 2 is 1.96 bits per heavy atom. The quantitative estimate of drug-likeness (QED) is 0.730. The van der Waals surface area contributed by atoms with Crippen molar-refractivity contribution in [3.05, 3.63) is 51.7 Å². The van der Waals surface area contributed by atoms with E-state index < -0.39 is 0 Å². The van der Waals surface area contributed by atoms with Crippen molar-refractivity contribution >= 4 is 28.8 Å². The van der Waals surface area contributed by atoms with Gasteiger partial charge < -0.3 is 10.1 Å². The first-order valence-corrected chi connectivity index (χ1v) is 10.5. The molecule has 1 aromatic carbocycles. The zero-order chi connectivity index (χ0) is 19.1. The van der Waals surface area contributed by atoms with E-state index in [9.17, 15) is 4.79 Å². The van der Waals surface area contributed by atoms with E-state index in [1.54, 1.807) is 11.3 Å². The van der Waals surface area contributed by atoms with Gasteiger partial charge >= 0.3 is 0 Å². The number of piperazine rings is 1. The lowest BCUT2D eigenvalue weighted by molar-refractivity contribution is -0.126. The van der Waals surface area contributed by atoms with Crippen molar-refractivity contribution in [1.29, 1.82) is 0 Å². The van der Waals surface area contributed by atoms with Crippen molar-refractivity contribution in [1.82, 2.24) is 15.1 Å². The summed E-state index contributed by atoms with van der Waals surface area (Å²) in [4.78, 5) is 18.2. The summed E-state index contributed by atoms with van der Waals surface area (Å²) in [7, 11) is 0. The molecule has 3 rings (SSSR count). The van der Waals surface area contributed by atoms with Gasteiger partial charge in [-0.05, 0) is 42.6 Å². The van der Waals surface area contributed by atoms with Crippen LogP contribution in [0.1, 0.15) is 11.8 Å². The van der Waals surface area contributed by atoms with Gasteiger partial charge in [-0.1, -0.05) is 17.7 Å². The summed E-state index contributed by atoms with van der Waals surface area (Å²) < 4.78 is 5.77. The van der Waals surface area contributed by atoms with Crippen LogP contribution >= 0.6 is 22.9 Å². The summed E-state index contributed by atoms with van der Waals surface area (Å²) in [5.74, 6) is 0.942. The molecule has 1 N–H and O–H groups in total. The monoisotopic (exact) mass is 407 g/mol. The van der Waals surface area contributed by atoms with Crippen LogP contribution in [0.15, 0.2) is 41.8 Å². The number of amides is 1. The minimum atomic E-state index is -0.0996. The number of carbonyl (C=O) groups is 1. The van der Waals surface area contributed by atoms with E-state index >= 15 is 0 Å². The molecule has 0 spiro atoms. The number of thiophene rings is 1. The summed E-state index contributed by atoms with van der Waals surface area (Å²) in [6.45, 7) is 7.84. The molecule has 1 atom stereocenters. The molecule has 5 nitrogen and oxygen atoms in total. The Balaban J connectivity index is 1.34. The second kappa shape index (κ2) is 10.1. The van der Waals surface area contributed by atoms with Crippen LogP contribution in [0.3, 0.4) is 0 Å². The number of nitrogens with zero attached hydrogens (tertiary/aromatic N) is 2. The molecule has 0 saturated carbocycles. The maximum atomic E-state index is 12.4. The lowest BCUT2D eigenvalue weighted by atomic mass is 10.2. The fourth-order valence-electron chi connectivity index (χ4n) is 3.10. The van der Waals surface area contributed by atoms with Gasteiger partial charge in [0.15, 0.2) is 0 Å².